The summed E-state index contributed by atoms with van der Waals surface area (Å²) in [5.74, 6) is -1.62. The number of aromatic nitrogens is 1. The highest BCUT2D eigenvalue weighted by Gasteiger charge is 2.14. The maximum atomic E-state index is 11.8. The van der Waals surface area contributed by atoms with Crippen molar-refractivity contribution in [2.24, 2.45) is 0 Å². The van der Waals surface area contributed by atoms with Crippen LogP contribution in [0.5, 0.6) is 0 Å². The van der Waals surface area contributed by atoms with Crippen LogP contribution in [0.3, 0.4) is 0 Å². The molecule has 2 rings (SSSR count). The highest BCUT2D eigenvalue weighted by atomic mass is 32.2. The number of carbonyl (C=O) groups is 1. The van der Waals surface area contributed by atoms with Gasteiger partial charge >= 0.3 is 5.97 Å². The van der Waals surface area contributed by atoms with E-state index in [4.69, 9.17) is 5.11 Å². The van der Waals surface area contributed by atoms with Crippen molar-refractivity contribution < 1.29 is 18.3 Å². The van der Waals surface area contributed by atoms with E-state index in [1.54, 1.807) is 12.1 Å². The highest BCUT2D eigenvalue weighted by molar-refractivity contribution is 7.92. The fourth-order valence-electron chi connectivity index (χ4n) is 1.77. The van der Waals surface area contributed by atoms with Gasteiger partial charge in [-0.05, 0) is 19.1 Å². The molecule has 1 aromatic heterocycles. The zero-order valence-corrected chi connectivity index (χ0v) is 11.6. The number of benzene rings is 1. The number of anilines is 1. The van der Waals surface area contributed by atoms with Crippen LogP contribution in [0.15, 0.2) is 30.3 Å². The van der Waals surface area contributed by atoms with Gasteiger partial charge in [-0.1, -0.05) is 18.2 Å². The van der Waals surface area contributed by atoms with Crippen molar-refractivity contribution in [3.63, 3.8) is 0 Å². The Balaban J connectivity index is 2.34. The van der Waals surface area contributed by atoms with Gasteiger partial charge in [-0.3, -0.25) is 14.5 Å². The molecule has 0 saturated carbocycles. The number of aryl methyl sites for hydroxylation is 1. The van der Waals surface area contributed by atoms with Crippen LogP contribution in [0.1, 0.15) is 12.1 Å². The number of carboxylic acids is 1. The van der Waals surface area contributed by atoms with Crippen LogP contribution in [-0.2, 0) is 14.8 Å². The lowest BCUT2D eigenvalue weighted by Crippen LogP contribution is -2.19. The number of hydrogen-bond acceptors (Lipinski definition) is 4. The van der Waals surface area contributed by atoms with Crippen LogP contribution in [0.25, 0.3) is 10.9 Å². The molecule has 6 nitrogen and oxygen atoms in total. The Morgan fingerprint density at radius 2 is 2.05 bits per heavy atom. The van der Waals surface area contributed by atoms with Crippen molar-refractivity contribution in [2.45, 2.75) is 13.3 Å². The Labute approximate surface area is 116 Å². The average molecular weight is 294 g/mol. The number of sulfonamides is 1. The second-order valence-corrected chi connectivity index (χ2v) is 6.24. The Bertz CT molecular complexity index is 756. The number of rotatable bonds is 5. The molecule has 0 saturated heterocycles. The molecule has 0 spiro atoms. The molecule has 0 aliphatic rings. The lowest BCUT2D eigenvalue weighted by atomic mass is 10.2. The number of pyridine rings is 1. The molecule has 0 amide bonds. The van der Waals surface area contributed by atoms with Crippen molar-refractivity contribution in [1.29, 1.82) is 0 Å². The van der Waals surface area contributed by atoms with Crippen LogP contribution in [0.4, 0.5) is 5.69 Å². The van der Waals surface area contributed by atoms with Gasteiger partial charge in [-0.2, -0.15) is 0 Å². The summed E-state index contributed by atoms with van der Waals surface area (Å²) in [6.45, 7) is 1.81. The smallest absolute Gasteiger partial charge is 0.304 e. The number of aliphatic carboxylic acids is 1. The predicted octanol–water partition coefficient (Wildman–Crippen LogP) is 1.76. The molecule has 0 unspecified atom stereocenters. The first-order valence-corrected chi connectivity index (χ1v) is 7.61. The molecule has 1 heterocycles. The van der Waals surface area contributed by atoms with E-state index in [2.05, 4.69) is 9.71 Å². The summed E-state index contributed by atoms with van der Waals surface area (Å²) < 4.78 is 26.1. The first kappa shape index (κ1) is 14.3. The standard InChI is InChI=1S/C13H14N2O4S/c1-9-5-6-10-3-2-4-11(13(10)14-9)15-20(18,19)8-7-12(16)17/h2-6,15H,7-8H2,1H3,(H,16,17). The zero-order chi connectivity index (χ0) is 14.8. The predicted molar refractivity (Wildman–Crippen MR) is 76.1 cm³/mol. The molecule has 2 N–H and O–H groups in total. The van der Waals surface area contributed by atoms with E-state index >= 15 is 0 Å². The summed E-state index contributed by atoms with van der Waals surface area (Å²) in [4.78, 5) is 14.8. The molecule has 0 radical (unpaired) electrons. The van der Waals surface area contributed by atoms with Crippen LogP contribution in [0.2, 0.25) is 0 Å². The van der Waals surface area contributed by atoms with Gasteiger partial charge in [0.2, 0.25) is 10.0 Å². The topological polar surface area (TPSA) is 96.4 Å². The van der Waals surface area contributed by atoms with Gasteiger partial charge in [0.15, 0.2) is 0 Å². The Hall–Kier alpha value is -2.15. The van der Waals surface area contributed by atoms with Crippen molar-refractivity contribution in [3.8, 4) is 0 Å². The number of nitrogens with zero attached hydrogens (tertiary/aromatic N) is 1. The highest BCUT2D eigenvalue weighted by Crippen LogP contribution is 2.22. The summed E-state index contributed by atoms with van der Waals surface area (Å²) in [5, 5.41) is 9.36. The minimum absolute atomic E-state index is 0.358. The molecular weight excluding hydrogens is 280 g/mol. The fourth-order valence-corrected chi connectivity index (χ4v) is 2.81. The SMILES string of the molecule is Cc1ccc2cccc(NS(=O)(=O)CCC(=O)O)c2n1. The molecule has 1 aromatic carbocycles. The van der Waals surface area contributed by atoms with Gasteiger partial charge in [0, 0.05) is 11.1 Å². The van der Waals surface area contributed by atoms with Gasteiger partial charge < -0.3 is 5.11 Å². The van der Waals surface area contributed by atoms with Gasteiger partial charge in [0.1, 0.15) is 0 Å². The summed E-state index contributed by atoms with van der Waals surface area (Å²) in [6.07, 6.45) is -0.438. The van der Waals surface area contributed by atoms with E-state index in [0.29, 0.717) is 11.2 Å². The lowest BCUT2D eigenvalue weighted by molar-refractivity contribution is -0.136. The van der Waals surface area contributed by atoms with Crippen molar-refractivity contribution in [2.75, 3.05) is 10.5 Å². The van der Waals surface area contributed by atoms with Crippen LogP contribution in [0, 0.1) is 6.92 Å². The molecule has 7 heteroatoms. The number of carboxylic acid groups (broad SMARTS) is 1. The monoisotopic (exact) mass is 294 g/mol. The quantitative estimate of drug-likeness (QED) is 0.876. The number of hydrogen-bond donors (Lipinski definition) is 2. The van der Waals surface area contributed by atoms with Gasteiger partial charge in [0.05, 0.1) is 23.4 Å². The van der Waals surface area contributed by atoms with Gasteiger partial charge in [-0.25, -0.2) is 8.42 Å². The minimum Gasteiger partial charge on any atom is -0.481 e. The molecule has 2 aromatic rings. The third-order valence-corrected chi connectivity index (χ3v) is 3.98. The van der Waals surface area contributed by atoms with E-state index in [9.17, 15) is 13.2 Å². The van der Waals surface area contributed by atoms with E-state index in [1.165, 1.54) is 0 Å². The molecule has 0 aliphatic heterocycles. The third kappa shape index (κ3) is 3.45. The number of fused-ring (bicyclic) bond motifs is 1. The normalized spacial score (nSPS) is 11.4. The summed E-state index contributed by atoms with van der Waals surface area (Å²) in [6, 6.07) is 8.84. The lowest BCUT2D eigenvalue weighted by Gasteiger charge is -2.09. The zero-order valence-electron chi connectivity index (χ0n) is 10.8. The van der Waals surface area contributed by atoms with Gasteiger partial charge in [0.25, 0.3) is 0 Å². The number of nitrogens with one attached hydrogen (secondary N) is 1. The number of para-hydroxylation sites is 1. The van der Waals surface area contributed by atoms with Crippen molar-refractivity contribution in [1.82, 2.24) is 4.98 Å². The fraction of sp³-hybridized carbons (Fsp3) is 0.231. The average Bonchev–Trinajstić information content (AvgIpc) is 2.37. The van der Waals surface area contributed by atoms with Gasteiger partial charge in [-0.15, -0.1) is 0 Å². The van der Waals surface area contributed by atoms with Crippen molar-refractivity contribution >= 4 is 32.6 Å². The van der Waals surface area contributed by atoms with Crippen LogP contribution >= 0.6 is 0 Å². The largest absolute Gasteiger partial charge is 0.481 e. The van der Waals surface area contributed by atoms with E-state index in [1.807, 2.05) is 25.1 Å². The Morgan fingerprint density at radius 3 is 2.75 bits per heavy atom. The first-order chi connectivity index (χ1) is 9.37. The van der Waals surface area contributed by atoms with Crippen LogP contribution in [-0.4, -0.2) is 30.2 Å². The minimum atomic E-state index is -3.70. The first-order valence-electron chi connectivity index (χ1n) is 5.96. The maximum Gasteiger partial charge on any atom is 0.304 e. The van der Waals surface area contributed by atoms with E-state index < -0.39 is 28.2 Å². The third-order valence-electron chi connectivity index (χ3n) is 2.71. The molecule has 106 valence electrons. The second-order valence-electron chi connectivity index (χ2n) is 4.39. The second kappa shape index (κ2) is 5.46. The Morgan fingerprint density at radius 1 is 1.30 bits per heavy atom. The molecule has 0 fully saturated rings. The summed E-state index contributed by atoms with van der Waals surface area (Å²) >= 11 is 0. The molecular formula is C13H14N2O4S. The molecule has 0 aliphatic carbocycles. The summed E-state index contributed by atoms with van der Waals surface area (Å²) in [5.41, 5.74) is 1.68. The van der Waals surface area contributed by atoms with E-state index in [-0.39, 0.29) is 0 Å². The van der Waals surface area contributed by atoms with Crippen molar-refractivity contribution in [3.05, 3.63) is 36.0 Å². The van der Waals surface area contributed by atoms with Crippen LogP contribution < -0.4 is 4.72 Å². The molecule has 0 atom stereocenters. The molecule has 0 bridgehead atoms. The maximum absolute atomic E-state index is 11.8. The van der Waals surface area contributed by atoms with E-state index in [0.717, 1.165) is 11.1 Å². The summed E-state index contributed by atoms with van der Waals surface area (Å²) in [7, 11) is -3.70. The Kier molecular flexibility index (Phi) is 3.89. The molecule has 20 heavy (non-hydrogen) atoms.